The Balaban J connectivity index is 2.75. The van der Waals surface area contributed by atoms with Crippen LogP contribution in [0, 0.1) is 6.92 Å². The molecule has 8 heteroatoms. The van der Waals surface area contributed by atoms with E-state index in [-0.39, 0.29) is 6.54 Å². The van der Waals surface area contributed by atoms with Gasteiger partial charge in [-0.15, -0.1) is 0 Å². The first-order valence-electron chi connectivity index (χ1n) is 5.52. The number of aryl methyl sites for hydroxylation is 2. The number of rotatable bonds is 5. The van der Waals surface area contributed by atoms with Crippen molar-refractivity contribution in [2.75, 3.05) is 6.54 Å². The normalized spacial score (nSPS) is 13.3. The van der Waals surface area contributed by atoms with Gasteiger partial charge in [0.2, 0.25) is 10.0 Å². The summed E-state index contributed by atoms with van der Waals surface area (Å²) < 4.78 is 27.0. The molecule has 1 heterocycles. The standard InChI is InChI=1S/C10H17N3O4S/c1-4-8-9(7(3)17-13-8)10(14)12-5-6(2)18(11,15)16/h6H,4-5H2,1-3H3,(H,12,14)(H2,11,15,16). The number of carbonyl (C=O) groups excluding carboxylic acids is 1. The highest BCUT2D eigenvalue weighted by molar-refractivity contribution is 7.89. The van der Waals surface area contributed by atoms with Gasteiger partial charge >= 0.3 is 0 Å². The van der Waals surface area contributed by atoms with Gasteiger partial charge in [0.15, 0.2) is 0 Å². The maximum Gasteiger partial charge on any atom is 0.256 e. The van der Waals surface area contributed by atoms with Crippen molar-refractivity contribution in [1.82, 2.24) is 10.5 Å². The van der Waals surface area contributed by atoms with Crippen LogP contribution in [0.25, 0.3) is 0 Å². The zero-order chi connectivity index (χ0) is 13.9. The zero-order valence-corrected chi connectivity index (χ0v) is 11.4. The van der Waals surface area contributed by atoms with Crippen LogP contribution in [-0.2, 0) is 16.4 Å². The molecule has 0 saturated heterocycles. The first-order valence-corrected chi connectivity index (χ1v) is 7.13. The molecule has 1 amide bonds. The van der Waals surface area contributed by atoms with Crippen molar-refractivity contribution in [1.29, 1.82) is 0 Å². The lowest BCUT2D eigenvalue weighted by Gasteiger charge is -2.10. The average molecular weight is 275 g/mol. The molecule has 0 fully saturated rings. The molecular formula is C10H17N3O4S. The van der Waals surface area contributed by atoms with Crippen LogP contribution in [0.15, 0.2) is 4.52 Å². The number of aromatic nitrogens is 1. The number of sulfonamides is 1. The zero-order valence-electron chi connectivity index (χ0n) is 10.6. The first kappa shape index (κ1) is 14.7. The van der Waals surface area contributed by atoms with E-state index in [9.17, 15) is 13.2 Å². The molecule has 0 bridgehead atoms. The predicted octanol–water partition coefficient (Wildman–Crippen LogP) is -0.0478. The lowest BCUT2D eigenvalue weighted by molar-refractivity contribution is 0.0951. The number of amides is 1. The van der Waals surface area contributed by atoms with E-state index in [1.165, 1.54) is 6.92 Å². The Morgan fingerprint density at radius 3 is 2.67 bits per heavy atom. The third-order valence-corrected chi connectivity index (χ3v) is 3.89. The molecule has 1 atom stereocenters. The lowest BCUT2D eigenvalue weighted by Crippen LogP contribution is -2.38. The molecule has 18 heavy (non-hydrogen) atoms. The summed E-state index contributed by atoms with van der Waals surface area (Å²) in [5.74, 6) is 0.00806. The van der Waals surface area contributed by atoms with E-state index in [0.29, 0.717) is 23.4 Å². The number of hydrogen-bond acceptors (Lipinski definition) is 5. The Morgan fingerprint density at radius 2 is 2.17 bits per heavy atom. The fourth-order valence-electron chi connectivity index (χ4n) is 1.39. The summed E-state index contributed by atoms with van der Waals surface area (Å²) in [5.41, 5.74) is 0.910. The second kappa shape index (κ2) is 5.49. The van der Waals surface area contributed by atoms with Crippen molar-refractivity contribution in [3.05, 3.63) is 17.0 Å². The van der Waals surface area contributed by atoms with Crippen LogP contribution in [0.3, 0.4) is 0 Å². The molecule has 0 spiro atoms. The van der Waals surface area contributed by atoms with Gasteiger partial charge in [-0.2, -0.15) is 0 Å². The second-order valence-electron chi connectivity index (χ2n) is 4.02. The van der Waals surface area contributed by atoms with Gasteiger partial charge in [0.05, 0.1) is 10.9 Å². The molecular weight excluding hydrogens is 258 g/mol. The van der Waals surface area contributed by atoms with Gasteiger partial charge < -0.3 is 9.84 Å². The third-order valence-electron chi connectivity index (χ3n) is 2.61. The summed E-state index contributed by atoms with van der Waals surface area (Å²) in [6.07, 6.45) is 0.560. The minimum Gasteiger partial charge on any atom is -0.361 e. The number of nitrogens with zero attached hydrogens (tertiary/aromatic N) is 1. The summed E-state index contributed by atoms with van der Waals surface area (Å²) in [7, 11) is -3.65. The van der Waals surface area contributed by atoms with E-state index in [2.05, 4.69) is 10.5 Å². The van der Waals surface area contributed by atoms with Crippen LogP contribution in [0.4, 0.5) is 0 Å². The van der Waals surface area contributed by atoms with Crippen LogP contribution in [-0.4, -0.2) is 31.3 Å². The summed E-state index contributed by atoms with van der Waals surface area (Å²) in [6, 6.07) is 0. The van der Waals surface area contributed by atoms with E-state index in [1.54, 1.807) is 6.92 Å². The van der Waals surface area contributed by atoms with Gasteiger partial charge in [-0.3, -0.25) is 4.79 Å². The van der Waals surface area contributed by atoms with Gasteiger partial charge in [0.1, 0.15) is 11.3 Å². The molecule has 1 aromatic rings. The topological polar surface area (TPSA) is 115 Å². The summed E-state index contributed by atoms with van der Waals surface area (Å²) in [6.45, 7) is 4.85. The summed E-state index contributed by atoms with van der Waals surface area (Å²) >= 11 is 0. The smallest absolute Gasteiger partial charge is 0.256 e. The van der Waals surface area contributed by atoms with Crippen molar-refractivity contribution < 1.29 is 17.7 Å². The monoisotopic (exact) mass is 275 g/mol. The average Bonchev–Trinajstić information content (AvgIpc) is 2.65. The highest BCUT2D eigenvalue weighted by Crippen LogP contribution is 2.13. The Bertz CT molecular complexity index is 535. The van der Waals surface area contributed by atoms with Crippen LogP contribution >= 0.6 is 0 Å². The molecule has 7 nitrogen and oxygen atoms in total. The van der Waals surface area contributed by atoms with Crippen molar-refractivity contribution in [3.63, 3.8) is 0 Å². The summed E-state index contributed by atoms with van der Waals surface area (Å²) in [4.78, 5) is 11.9. The minimum atomic E-state index is -3.65. The highest BCUT2D eigenvalue weighted by atomic mass is 32.2. The van der Waals surface area contributed by atoms with Crippen molar-refractivity contribution in [3.8, 4) is 0 Å². The van der Waals surface area contributed by atoms with Gasteiger partial charge in [0.25, 0.3) is 5.91 Å². The van der Waals surface area contributed by atoms with Crippen LogP contribution in [0.1, 0.15) is 35.7 Å². The van der Waals surface area contributed by atoms with Crippen molar-refractivity contribution >= 4 is 15.9 Å². The van der Waals surface area contributed by atoms with Crippen molar-refractivity contribution in [2.24, 2.45) is 5.14 Å². The number of nitrogens with two attached hydrogens (primary N) is 1. The van der Waals surface area contributed by atoms with Crippen molar-refractivity contribution in [2.45, 2.75) is 32.4 Å². The van der Waals surface area contributed by atoms with Crippen LogP contribution in [0.2, 0.25) is 0 Å². The van der Waals surface area contributed by atoms with E-state index in [0.717, 1.165) is 0 Å². The summed E-state index contributed by atoms with van der Waals surface area (Å²) in [5, 5.41) is 10.4. The number of nitrogens with one attached hydrogen (secondary N) is 1. The molecule has 0 aliphatic carbocycles. The molecule has 0 aliphatic heterocycles. The number of carbonyl (C=O) groups is 1. The van der Waals surface area contributed by atoms with E-state index in [4.69, 9.17) is 9.66 Å². The maximum absolute atomic E-state index is 11.9. The molecule has 0 aliphatic rings. The number of hydrogen-bond donors (Lipinski definition) is 2. The molecule has 1 aromatic heterocycles. The predicted molar refractivity (Wildman–Crippen MR) is 65.5 cm³/mol. The Morgan fingerprint density at radius 1 is 1.56 bits per heavy atom. The number of primary sulfonamides is 1. The molecule has 1 rings (SSSR count). The van der Waals surface area contributed by atoms with Gasteiger partial charge in [-0.05, 0) is 20.3 Å². The molecule has 3 N–H and O–H groups in total. The first-order chi connectivity index (χ1) is 8.27. The largest absolute Gasteiger partial charge is 0.361 e. The Hall–Kier alpha value is -1.41. The van der Waals surface area contributed by atoms with E-state index < -0.39 is 21.2 Å². The minimum absolute atomic E-state index is 0.0502. The molecule has 0 radical (unpaired) electrons. The fourth-order valence-corrected chi connectivity index (χ4v) is 1.71. The van der Waals surface area contributed by atoms with Gasteiger partial charge in [-0.1, -0.05) is 12.1 Å². The Kier molecular flexibility index (Phi) is 4.47. The highest BCUT2D eigenvalue weighted by Gasteiger charge is 2.21. The van der Waals surface area contributed by atoms with Gasteiger partial charge in [-0.25, -0.2) is 13.6 Å². The fraction of sp³-hybridized carbons (Fsp3) is 0.600. The molecule has 1 unspecified atom stereocenters. The third kappa shape index (κ3) is 3.30. The van der Waals surface area contributed by atoms with Crippen LogP contribution < -0.4 is 10.5 Å². The van der Waals surface area contributed by atoms with E-state index >= 15 is 0 Å². The van der Waals surface area contributed by atoms with E-state index in [1.807, 2.05) is 6.92 Å². The van der Waals surface area contributed by atoms with Crippen LogP contribution in [0.5, 0.6) is 0 Å². The molecule has 0 saturated carbocycles. The second-order valence-corrected chi connectivity index (χ2v) is 6.01. The maximum atomic E-state index is 11.9. The Labute approximate surface area is 106 Å². The lowest BCUT2D eigenvalue weighted by atomic mass is 10.1. The molecule has 0 aromatic carbocycles. The van der Waals surface area contributed by atoms with Gasteiger partial charge in [0, 0.05) is 6.54 Å². The SMILES string of the molecule is CCc1noc(C)c1C(=O)NCC(C)S(N)(=O)=O. The quantitative estimate of drug-likeness (QED) is 0.781. The molecule has 102 valence electrons.